The number of thioether (sulfide) groups is 2. The van der Waals surface area contributed by atoms with Crippen LogP contribution >= 0.6 is 80.8 Å². The standard InChI is InChI=1S/C16H17ClN4S3.2BrH/c17-12-5-6-14(11(7-12)9-23-16(20)21)24-13-4-2-1-3-10(13)8-22-15(18)19;;/h1-7H,8-9H2,(H3,18,19)(H3,20,21);2*1H. The molecule has 0 atom stereocenters. The van der Waals surface area contributed by atoms with E-state index in [1.54, 1.807) is 11.8 Å². The Bertz CT molecular complexity index is 762. The molecule has 0 unspecified atom stereocenters. The van der Waals surface area contributed by atoms with Crippen LogP contribution in [0.3, 0.4) is 0 Å². The Labute approximate surface area is 192 Å². The van der Waals surface area contributed by atoms with Crippen LogP contribution < -0.4 is 11.5 Å². The zero-order valence-corrected chi connectivity index (χ0v) is 20.2. The minimum absolute atomic E-state index is 0. The summed E-state index contributed by atoms with van der Waals surface area (Å²) in [4.78, 5) is 2.19. The van der Waals surface area contributed by atoms with E-state index in [0.717, 1.165) is 20.9 Å². The van der Waals surface area contributed by atoms with E-state index in [0.29, 0.717) is 16.5 Å². The quantitative estimate of drug-likeness (QED) is 0.261. The third-order valence-corrected chi connectivity index (χ3v) is 5.99. The molecule has 0 fully saturated rings. The Morgan fingerprint density at radius 2 is 1.38 bits per heavy atom. The molecule has 0 aliphatic rings. The molecule has 0 heterocycles. The van der Waals surface area contributed by atoms with Crippen molar-refractivity contribution in [3.05, 3.63) is 58.6 Å². The van der Waals surface area contributed by atoms with Crippen LogP contribution in [0.5, 0.6) is 0 Å². The van der Waals surface area contributed by atoms with Crippen molar-refractivity contribution in [2.75, 3.05) is 0 Å². The van der Waals surface area contributed by atoms with Gasteiger partial charge in [0.2, 0.25) is 0 Å². The van der Waals surface area contributed by atoms with E-state index < -0.39 is 0 Å². The van der Waals surface area contributed by atoms with E-state index in [-0.39, 0.29) is 44.3 Å². The molecule has 2 aromatic carbocycles. The van der Waals surface area contributed by atoms with E-state index in [1.807, 2.05) is 36.4 Å². The number of hydrogen-bond donors (Lipinski definition) is 4. The highest BCUT2D eigenvalue weighted by molar-refractivity contribution is 8.93. The van der Waals surface area contributed by atoms with Gasteiger partial charge in [0.05, 0.1) is 0 Å². The third-order valence-electron chi connectivity index (χ3n) is 2.98. The monoisotopic (exact) mass is 556 g/mol. The second kappa shape index (κ2) is 13.0. The van der Waals surface area contributed by atoms with Crippen molar-refractivity contribution in [2.24, 2.45) is 11.5 Å². The lowest BCUT2D eigenvalue weighted by Gasteiger charge is -2.12. The van der Waals surface area contributed by atoms with Crippen molar-refractivity contribution in [1.29, 1.82) is 10.8 Å². The molecule has 0 aliphatic carbocycles. The summed E-state index contributed by atoms with van der Waals surface area (Å²) in [6.45, 7) is 0. The van der Waals surface area contributed by atoms with Crippen molar-refractivity contribution in [3.63, 3.8) is 0 Å². The SMILES string of the molecule is Br.Br.N=C(N)SCc1ccccc1Sc1ccc(Cl)cc1CSC(=N)N. The number of benzene rings is 2. The molecule has 4 nitrogen and oxygen atoms in total. The first-order chi connectivity index (χ1) is 11.5. The summed E-state index contributed by atoms with van der Waals surface area (Å²) in [5.74, 6) is 1.26. The highest BCUT2D eigenvalue weighted by Crippen LogP contribution is 2.36. The minimum atomic E-state index is 0. The average molecular weight is 559 g/mol. The highest BCUT2D eigenvalue weighted by Gasteiger charge is 2.10. The molecule has 0 spiro atoms. The molecule has 0 saturated heterocycles. The van der Waals surface area contributed by atoms with Crippen LogP contribution in [0.15, 0.2) is 52.3 Å². The maximum absolute atomic E-state index is 7.38. The predicted molar refractivity (Wildman–Crippen MR) is 129 cm³/mol. The topological polar surface area (TPSA) is 99.7 Å². The Kier molecular flexibility index (Phi) is 12.8. The molecule has 142 valence electrons. The predicted octanol–water partition coefficient (Wildman–Crippen LogP) is 5.90. The Hall–Kier alpha value is -0.320. The van der Waals surface area contributed by atoms with E-state index in [2.05, 4.69) is 6.07 Å². The molecule has 26 heavy (non-hydrogen) atoms. The van der Waals surface area contributed by atoms with Crippen LogP contribution in [-0.2, 0) is 11.5 Å². The number of amidine groups is 2. The largest absolute Gasteiger partial charge is 0.379 e. The summed E-state index contributed by atoms with van der Waals surface area (Å²) in [6.07, 6.45) is 0. The Balaban J connectivity index is 0.00000312. The molecule has 2 aromatic rings. The van der Waals surface area contributed by atoms with E-state index in [1.165, 1.54) is 23.5 Å². The number of hydrogen-bond acceptors (Lipinski definition) is 5. The van der Waals surface area contributed by atoms with Crippen LogP contribution in [0.25, 0.3) is 0 Å². The molecule has 2 rings (SSSR count). The van der Waals surface area contributed by atoms with Crippen LogP contribution in [0, 0.1) is 10.8 Å². The molecule has 0 saturated carbocycles. The normalized spacial score (nSPS) is 9.73. The van der Waals surface area contributed by atoms with Gasteiger partial charge < -0.3 is 11.5 Å². The van der Waals surface area contributed by atoms with Gasteiger partial charge in [0.1, 0.15) is 0 Å². The highest BCUT2D eigenvalue weighted by atomic mass is 79.9. The molecular formula is C16H19Br2ClN4S3. The number of nitrogens with one attached hydrogen (secondary N) is 2. The summed E-state index contributed by atoms with van der Waals surface area (Å²) >= 11 is 10.3. The van der Waals surface area contributed by atoms with E-state index in [4.69, 9.17) is 33.9 Å². The average Bonchev–Trinajstić information content (AvgIpc) is 2.54. The van der Waals surface area contributed by atoms with Crippen molar-refractivity contribution >= 4 is 91.2 Å². The lowest BCUT2D eigenvalue weighted by molar-refractivity contribution is 1.23. The maximum Gasteiger partial charge on any atom is 0.151 e. The van der Waals surface area contributed by atoms with Gasteiger partial charge in [-0.25, -0.2) is 0 Å². The summed E-state index contributed by atoms with van der Waals surface area (Å²) in [7, 11) is 0. The second-order valence-corrected chi connectivity index (χ2v) is 8.32. The van der Waals surface area contributed by atoms with Crippen LogP contribution in [0.4, 0.5) is 0 Å². The smallest absolute Gasteiger partial charge is 0.151 e. The van der Waals surface area contributed by atoms with Crippen molar-refractivity contribution < 1.29 is 0 Å². The molecule has 10 heteroatoms. The molecule has 6 N–H and O–H groups in total. The zero-order valence-electron chi connectivity index (χ0n) is 13.5. The fourth-order valence-electron chi connectivity index (χ4n) is 1.91. The summed E-state index contributed by atoms with van der Waals surface area (Å²) in [6, 6.07) is 13.8. The Morgan fingerprint density at radius 3 is 2.00 bits per heavy atom. The van der Waals surface area contributed by atoms with Gasteiger partial charge in [-0.1, -0.05) is 65.1 Å². The first kappa shape index (κ1) is 25.7. The summed E-state index contributed by atoms with van der Waals surface area (Å²) < 4.78 is 0. The zero-order chi connectivity index (χ0) is 17.5. The first-order valence-corrected chi connectivity index (χ1v) is 10.1. The lowest BCUT2D eigenvalue weighted by atomic mass is 10.2. The summed E-state index contributed by atoms with van der Waals surface area (Å²) in [5.41, 5.74) is 13.1. The number of nitrogens with two attached hydrogens (primary N) is 2. The molecule has 0 aliphatic heterocycles. The lowest BCUT2D eigenvalue weighted by Crippen LogP contribution is -2.04. The van der Waals surface area contributed by atoms with E-state index >= 15 is 0 Å². The minimum Gasteiger partial charge on any atom is -0.379 e. The van der Waals surface area contributed by atoms with Gasteiger partial charge >= 0.3 is 0 Å². The molecule has 0 amide bonds. The van der Waals surface area contributed by atoms with Crippen LogP contribution in [-0.4, -0.2) is 10.3 Å². The molecular weight excluding hydrogens is 540 g/mol. The van der Waals surface area contributed by atoms with Crippen LogP contribution in [0.1, 0.15) is 11.1 Å². The van der Waals surface area contributed by atoms with Crippen molar-refractivity contribution in [2.45, 2.75) is 21.3 Å². The van der Waals surface area contributed by atoms with E-state index in [9.17, 15) is 0 Å². The van der Waals surface area contributed by atoms with Gasteiger partial charge in [0.15, 0.2) is 10.3 Å². The fourth-order valence-corrected chi connectivity index (χ4v) is 4.46. The molecule has 0 aromatic heterocycles. The van der Waals surface area contributed by atoms with Gasteiger partial charge in [0.25, 0.3) is 0 Å². The van der Waals surface area contributed by atoms with Gasteiger partial charge in [-0.3, -0.25) is 10.8 Å². The molecule has 0 radical (unpaired) electrons. The van der Waals surface area contributed by atoms with Crippen molar-refractivity contribution in [3.8, 4) is 0 Å². The second-order valence-electron chi connectivity index (χ2n) is 4.77. The fraction of sp³-hybridized carbons (Fsp3) is 0.125. The van der Waals surface area contributed by atoms with Gasteiger partial charge in [0, 0.05) is 26.3 Å². The summed E-state index contributed by atoms with van der Waals surface area (Å²) in [5, 5.41) is 15.6. The number of halogens is 3. The van der Waals surface area contributed by atoms with Crippen LogP contribution in [0.2, 0.25) is 5.02 Å². The van der Waals surface area contributed by atoms with Gasteiger partial charge in [-0.2, -0.15) is 0 Å². The Morgan fingerprint density at radius 1 is 0.846 bits per heavy atom. The third kappa shape index (κ3) is 8.58. The van der Waals surface area contributed by atoms with Gasteiger partial charge in [-0.15, -0.1) is 34.0 Å². The maximum atomic E-state index is 7.38. The van der Waals surface area contributed by atoms with Gasteiger partial charge in [-0.05, 0) is 35.4 Å². The van der Waals surface area contributed by atoms with Crippen molar-refractivity contribution in [1.82, 2.24) is 0 Å². The molecule has 0 bridgehead atoms. The first-order valence-electron chi connectivity index (χ1n) is 6.93. The number of rotatable bonds is 6.